The van der Waals surface area contributed by atoms with Crippen molar-refractivity contribution in [3.63, 3.8) is 0 Å². The monoisotopic (exact) mass is 251 g/mol. The van der Waals surface area contributed by atoms with Gasteiger partial charge in [-0.25, -0.2) is 0 Å². The second-order valence-corrected chi connectivity index (χ2v) is 4.89. The Bertz CT molecular complexity index is 428. The van der Waals surface area contributed by atoms with Gasteiger partial charge < -0.3 is 10.1 Å². The predicted octanol–water partition coefficient (Wildman–Crippen LogP) is 1.34. The molecule has 1 aliphatic rings. The van der Waals surface area contributed by atoms with Crippen LogP contribution in [0.4, 0.5) is 0 Å². The zero-order chi connectivity index (χ0) is 13.1. The first-order chi connectivity index (χ1) is 8.69. The van der Waals surface area contributed by atoms with Gasteiger partial charge >= 0.3 is 0 Å². The molecule has 100 valence electrons. The third-order valence-corrected chi connectivity index (χ3v) is 3.55. The molecule has 0 radical (unpaired) electrons. The maximum atomic E-state index is 12.6. The van der Waals surface area contributed by atoms with Gasteiger partial charge in [-0.05, 0) is 18.9 Å². The molecule has 1 saturated heterocycles. The van der Waals surface area contributed by atoms with Gasteiger partial charge in [-0.3, -0.25) is 9.48 Å². The van der Waals surface area contributed by atoms with E-state index in [2.05, 4.69) is 24.3 Å². The minimum absolute atomic E-state index is 0.0335. The number of ether oxygens (including phenoxy) is 1. The molecule has 2 heterocycles. The summed E-state index contributed by atoms with van der Waals surface area (Å²) in [4.78, 5) is 12.6. The first kappa shape index (κ1) is 13.1. The summed E-state index contributed by atoms with van der Waals surface area (Å²) >= 11 is 0. The molecule has 0 aromatic carbocycles. The SMILES string of the molecule is CCCn1ncc(OC)c1C(=O)C1CNCC1C. The van der Waals surface area contributed by atoms with Crippen LogP contribution in [-0.4, -0.2) is 35.8 Å². The molecule has 0 saturated carbocycles. The first-order valence-corrected chi connectivity index (χ1v) is 6.53. The number of nitrogens with one attached hydrogen (secondary N) is 1. The fraction of sp³-hybridized carbons (Fsp3) is 0.692. The quantitative estimate of drug-likeness (QED) is 0.802. The topological polar surface area (TPSA) is 56.2 Å². The number of hydrogen-bond acceptors (Lipinski definition) is 4. The van der Waals surface area contributed by atoms with Crippen LogP contribution in [0.1, 0.15) is 30.8 Å². The van der Waals surface area contributed by atoms with E-state index in [4.69, 9.17) is 4.74 Å². The second-order valence-electron chi connectivity index (χ2n) is 4.89. The van der Waals surface area contributed by atoms with Crippen molar-refractivity contribution in [3.05, 3.63) is 11.9 Å². The zero-order valence-electron chi connectivity index (χ0n) is 11.3. The summed E-state index contributed by atoms with van der Waals surface area (Å²) in [6.45, 7) is 6.58. The molecule has 5 heteroatoms. The molecular weight excluding hydrogens is 230 g/mol. The average molecular weight is 251 g/mol. The molecule has 1 aliphatic heterocycles. The Kier molecular flexibility index (Phi) is 4.01. The third-order valence-electron chi connectivity index (χ3n) is 3.55. The second kappa shape index (κ2) is 5.52. The van der Waals surface area contributed by atoms with Crippen LogP contribution in [0.15, 0.2) is 6.20 Å². The first-order valence-electron chi connectivity index (χ1n) is 6.53. The van der Waals surface area contributed by atoms with Gasteiger partial charge in [-0.1, -0.05) is 13.8 Å². The van der Waals surface area contributed by atoms with Crippen LogP contribution < -0.4 is 10.1 Å². The minimum Gasteiger partial charge on any atom is -0.493 e. The van der Waals surface area contributed by atoms with Crippen molar-refractivity contribution in [3.8, 4) is 5.75 Å². The van der Waals surface area contributed by atoms with Crippen molar-refractivity contribution >= 4 is 5.78 Å². The van der Waals surface area contributed by atoms with E-state index in [-0.39, 0.29) is 11.7 Å². The van der Waals surface area contributed by atoms with Gasteiger partial charge in [0.05, 0.1) is 13.3 Å². The predicted molar refractivity (Wildman–Crippen MR) is 68.9 cm³/mol. The van der Waals surface area contributed by atoms with Crippen LogP contribution >= 0.6 is 0 Å². The number of aromatic nitrogens is 2. The van der Waals surface area contributed by atoms with E-state index in [1.807, 2.05) is 0 Å². The highest BCUT2D eigenvalue weighted by Crippen LogP contribution is 2.26. The Labute approximate surface area is 108 Å². The fourth-order valence-corrected chi connectivity index (χ4v) is 2.48. The standard InChI is InChI=1S/C13H21N3O2/c1-4-5-16-12(11(18-3)8-15-16)13(17)10-7-14-6-9(10)2/h8-10,14H,4-7H2,1-3H3. The van der Waals surface area contributed by atoms with E-state index in [1.54, 1.807) is 18.0 Å². The lowest BCUT2D eigenvalue weighted by molar-refractivity contribution is 0.0893. The van der Waals surface area contributed by atoms with Crippen LogP contribution in [0, 0.1) is 11.8 Å². The summed E-state index contributed by atoms with van der Waals surface area (Å²) < 4.78 is 7.03. The lowest BCUT2D eigenvalue weighted by Crippen LogP contribution is -2.25. The van der Waals surface area contributed by atoms with Crippen molar-refractivity contribution in [1.82, 2.24) is 15.1 Å². The van der Waals surface area contributed by atoms with E-state index >= 15 is 0 Å². The van der Waals surface area contributed by atoms with Gasteiger partial charge in [0.25, 0.3) is 0 Å². The summed E-state index contributed by atoms with van der Waals surface area (Å²) in [6, 6.07) is 0. The molecule has 1 N–H and O–H groups in total. The Morgan fingerprint density at radius 1 is 1.61 bits per heavy atom. The van der Waals surface area contributed by atoms with Crippen LogP contribution in [0.25, 0.3) is 0 Å². The molecule has 0 spiro atoms. The average Bonchev–Trinajstić information content (AvgIpc) is 2.95. The van der Waals surface area contributed by atoms with E-state index in [9.17, 15) is 4.79 Å². The van der Waals surface area contributed by atoms with Gasteiger partial charge in [0, 0.05) is 19.0 Å². The van der Waals surface area contributed by atoms with Crippen molar-refractivity contribution in [2.24, 2.45) is 11.8 Å². The molecule has 1 fully saturated rings. The number of carbonyl (C=O) groups is 1. The molecular formula is C13H21N3O2. The minimum atomic E-state index is 0.0335. The van der Waals surface area contributed by atoms with Gasteiger partial charge in [0.2, 0.25) is 0 Å². The molecule has 1 aromatic heterocycles. The van der Waals surface area contributed by atoms with Crippen molar-refractivity contribution in [2.45, 2.75) is 26.8 Å². The molecule has 1 aromatic rings. The smallest absolute Gasteiger partial charge is 0.189 e. The van der Waals surface area contributed by atoms with Gasteiger partial charge in [-0.15, -0.1) is 0 Å². The number of carbonyl (C=O) groups excluding carboxylic acids is 1. The van der Waals surface area contributed by atoms with Crippen molar-refractivity contribution < 1.29 is 9.53 Å². The van der Waals surface area contributed by atoms with E-state index in [1.165, 1.54) is 0 Å². The maximum Gasteiger partial charge on any atom is 0.189 e. The number of ketones is 1. The van der Waals surface area contributed by atoms with Crippen molar-refractivity contribution in [2.75, 3.05) is 20.2 Å². The van der Waals surface area contributed by atoms with Crippen LogP contribution in [0.5, 0.6) is 5.75 Å². The number of hydrogen-bond donors (Lipinski definition) is 1. The fourth-order valence-electron chi connectivity index (χ4n) is 2.48. The number of methoxy groups -OCH3 is 1. The molecule has 18 heavy (non-hydrogen) atoms. The summed E-state index contributed by atoms with van der Waals surface area (Å²) in [5.74, 6) is 1.14. The normalized spacial score (nSPS) is 23.3. The van der Waals surface area contributed by atoms with Gasteiger partial charge in [0.1, 0.15) is 5.69 Å². The zero-order valence-corrected chi connectivity index (χ0v) is 11.3. The summed E-state index contributed by atoms with van der Waals surface area (Å²) in [5.41, 5.74) is 0.625. The molecule has 0 aliphatic carbocycles. The largest absolute Gasteiger partial charge is 0.493 e. The molecule has 0 bridgehead atoms. The Morgan fingerprint density at radius 2 is 2.39 bits per heavy atom. The van der Waals surface area contributed by atoms with Crippen LogP contribution in [0.3, 0.4) is 0 Å². The Hall–Kier alpha value is -1.36. The highest BCUT2D eigenvalue weighted by Gasteiger charge is 2.33. The summed E-state index contributed by atoms with van der Waals surface area (Å²) in [6.07, 6.45) is 2.58. The highest BCUT2D eigenvalue weighted by atomic mass is 16.5. The highest BCUT2D eigenvalue weighted by molar-refractivity contribution is 5.99. The lowest BCUT2D eigenvalue weighted by atomic mass is 9.91. The molecule has 5 nitrogen and oxygen atoms in total. The van der Waals surface area contributed by atoms with E-state index < -0.39 is 0 Å². The Balaban J connectivity index is 2.30. The lowest BCUT2D eigenvalue weighted by Gasteiger charge is -2.14. The Morgan fingerprint density at radius 3 is 2.94 bits per heavy atom. The molecule has 0 amide bonds. The van der Waals surface area contributed by atoms with Crippen LogP contribution in [0.2, 0.25) is 0 Å². The summed E-state index contributed by atoms with van der Waals surface area (Å²) in [5, 5.41) is 7.51. The number of rotatable bonds is 5. The van der Waals surface area contributed by atoms with Gasteiger partial charge in [0.15, 0.2) is 11.5 Å². The molecule has 2 rings (SSSR count). The summed E-state index contributed by atoms with van der Waals surface area (Å²) in [7, 11) is 1.58. The molecule has 2 atom stereocenters. The molecule has 2 unspecified atom stereocenters. The third kappa shape index (κ3) is 2.27. The number of aryl methyl sites for hydroxylation is 1. The number of Topliss-reactive ketones (excluding diaryl/α,β-unsaturated/α-hetero) is 1. The van der Waals surface area contributed by atoms with Crippen LogP contribution in [-0.2, 0) is 6.54 Å². The van der Waals surface area contributed by atoms with E-state index in [0.29, 0.717) is 17.4 Å². The van der Waals surface area contributed by atoms with E-state index in [0.717, 1.165) is 26.1 Å². The maximum absolute atomic E-state index is 12.6. The van der Waals surface area contributed by atoms with Crippen molar-refractivity contribution in [1.29, 1.82) is 0 Å². The number of nitrogens with zero attached hydrogens (tertiary/aromatic N) is 2. The van der Waals surface area contributed by atoms with Gasteiger partial charge in [-0.2, -0.15) is 5.10 Å².